The second-order valence-corrected chi connectivity index (χ2v) is 29.3. The Labute approximate surface area is 488 Å². The minimum atomic E-state index is -0.171. The SMILES string of the molecule is Cc1ccc(NC(=O)c2ccc(-c3c4nc(c(-c5cc(C(C)(C)C)cc(C(C)(C)C)c5)c5ccc([nH]5)c(-c5cc(C(C)(C)C)cc(C(C)(C)C)c5)c5nc(c(-c6cc(C(C)(C)C)cc(C(C)(C)C)c6)c6ccc3[nH]6)C=C5)C=C4)cc2)cc1. The van der Waals surface area contributed by atoms with E-state index >= 15 is 0 Å². The average Bonchev–Trinajstić information content (AvgIpc) is 4.43. The van der Waals surface area contributed by atoms with Crippen LogP contribution in [0.4, 0.5) is 5.69 Å². The number of hydrogen-bond donors (Lipinski definition) is 3. The van der Waals surface area contributed by atoms with Crippen LogP contribution in [0.5, 0.6) is 0 Å². The van der Waals surface area contributed by atoms with Crippen LogP contribution >= 0.6 is 0 Å². The number of carbonyl (C=O) groups excluding carboxylic acids is 1. The standard InChI is InChI=1S/C76H85N5O/c1-45-20-26-57(27-21-45)77-70(82)47-24-22-46(23-25-47)66-58-28-30-60(78-58)67(48-36-51(71(2,3)4)42-52(37-48)72(5,6)7)62-32-34-64(80-62)69(50-40-55(75(14,15)16)44-56(41-50)76(17,18)19)65-35-33-63(81-65)68(61-31-29-59(66)79-61)49-38-53(73(8,9)10)43-54(39-49)74(11,12)13/h20-44,78,81H,1-19H3,(H,77,82). The van der Waals surface area contributed by atoms with Crippen LogP contribution in [0.15, 0.2) is 127 Å². The molecule has 2 aliphatic rings. The molecule has 5 heterocycles. The van der Waals surface area contributed by atoms with Crippen molar-refractivity contribution < 1.29 is 4.79 Å². The van der Waals surface area contributed by atoms with Gasteiger partial charge in [-0.3, -0.25) is 4.79 Å². The molecule has 0 aliphatic carbocycles. The maximum atomic E-state index is 13.8. The van der Waals surface area contributed by atoms with Gasteiger partial charge >= 0.3 is 0 Å². The molecule has 0 atom stereocenters. The number of aromatic amines is 2. The number of fused-ring (bicyclic) bond motifs is 8. The van der Waals surface area contributed by atoms with Crippen molar-refractivity contribution in [2.24, 2.45) is 0 Å². The third kappa shape index (κ3) is 11.8. The molecule has 2 aliphatic heterocycles. The third-order valence-electron chi connectivity index (χ3n) is 16.4. The van der Waals surface area contributed by atoms with E-state index in [2.05, 4.69) is 243 Å². The van der Waals surface area contributed by atoms with Crippen molar-refractivity contribution >= 4 is 58.0 Å². The van der Waals surface area contributed by atoms with E-state index in [4.69, 9.17) is 9.97 Å². The molecule has 0 saturated carbocycles. The van der Waals surface area contributed by atoms with Crippen LogP contribution < -0.4 is 5.32 Å². The Hall–Kier alpha value is -7.83. The molecule has 5 aromatic carbocycles. The molecule has 420 valence electrons. The van der Waals surface area contributed by atoms with Gasteiger partial charge in [0.1, 0.15) is 0 Å². The number of carbonyl (C=O) groups is 1. The summed E-state index contributed by atoms with van der Waals surface area (Å²) in [5.41, 5.74) is 24.6. The summed E-state index contributed by atoms with van der Waals surface area (Å²) in [7, 11) is 0. The Morgan fingerprint density at radius 3 is 0.878 bits per heavy atom. The van der Waals surface area contributed by atoms with Crippen LogP contribution in [0.1, 0.15) is 197 Å². The highest BCUT2D eigenvalue weighted by molar-refractivity contribution is 6.05. The molecule has 3 aromatic heterocycles. The quantitative estimate of drug-likeness (QED) is 0.155. The molecule has 8 bridgehead atoms. The molecule has 0 spiro atoms. The predicted octanol–water partition coefficient (Wildman–Crippen LogP) is 20.7. The monoisotopic (exact) mass is 1080 g/mol. The van der Waals surface area contributed by atoms with Crippen LogP contribution in [0.3, 0.4) is 0 Å². The van der Waals surface area contributed by atoms with Crippen LogP contribution in [0.2, 0.25) is 0 Å². The molecule has 0 unspecified atom stereocenters. The molecule has 82 heavy (non-hydrogen) atoms. The minimum Gasteiger partial charge on any atom is -0.354 e. The summed E-state index contributed by atoms with van der Waals surface area (Å²) in [6.07, 6.45) is 8.77. The number of nitrogens with zero attached hydrogens (tertiary/aromatic N) is 2. The minimum absolute atomic E-state index is 0.116. The molecule has 1 amide bonds. The lowest BCUT2D eigenvalue weighted by Gasteiger charge is -2.26. The Kier molecular flexibility index (Phi) is 14.4. The predicted molar refractivity (Wildman–Crippen MR) is 352 cm³/mol. The number of rotatable bonds is 6. The van der Waals surface area contributed by atoms with Crippen molar-refractivity contribution in [3.8, 4) is 44.5 Å². The number of aromatic nitrogens is 4. The third-order valence-corrected chi connectivity index (χ3v) is 16.4. The zero-order valence-electron chi connectivity index (χ0n) is 52.2. The van der Waals surface area contributed by atoms with Crippen molar-refractivity contribution in [3.05, 3.63) is 195 Å². The maximum absolute atomic E-state index is 13.8. The molecule has 8 aromatic rings. The zero-order chi connectivity index (χ0) is 59.2. The lowest BCUT2D eigenvalue weighted by Crippen LogP contribution is -2.16. The van der Waals surface area contributed by atoms with Crippen molar-refractivity contribution in [1.29, 1.82) is 0 Å². The first-order valence-electron chi connectivity index (χ1n) is 29.3. The zero-order valence-corrected chi connectivity index (χ0v) is 52.2. The summed E-state index contributed by atoms with van der Waals surface area (Å²) >= 11 is 0. The first-order chi connectivity index (χ1) is 38.2. The van der Waals surface area contributed by atoms with Gasteiger partial charge in [0.15, 0.2) is 0 Å². The van der Waals surface area contributed by atoms with Crippen molar-refractivity contribution in [2.75, 3.05) is 5.32 Å². The van der Waals surface area contributed by atoms with Gasteiger partial charge in [-0.1, -0.05) is 209 Å². The first kappa shape index (κ1) is 57.4. The van der Waals surface area contributed by atoms with E-state index in [0.29, 0.717) is 5.56 Å². The van der Waals surface area contributed by atoms with Crippen LogP contribution in [0, 0.1) is 6.92 Å². The maximum Gasteiger partial charge on any atom is 0.255 e. The molecule has 0 saturated heterocycles. The fourth-order valence-corrected chi connectivity index (χ4v) is 11.0. The van der Waals surface area contributed by atoms with Gasteiger partial charge in [-0.15, -0.1) is 0 Å². The van der Waals surface area contributed by atoms with Gasteiger partial charge in [0.25, 0.3) is 5.91 Å². The van der Waals surface area contributed by atoms with Crippen molar-refractivity contribution in [1.82, 2.24) is 19.9 Å². The topological polar surface area (TPSA) is 86.5 Å². The Balaban J connectivity index is 1.37. The Bertz CT molecular complexity index is 3880. The number of hydrogen-bond acceptors (Lipinski definition) is 3. The molecule has 3 N–H and O–H groups in total. The van der Waals surface area contributed by atoms with E-state index in [9.17, 15) is 4.79 Å². The molecule has 0 fully saturated rings. The molecule has 6 heteroatoms. The van der Waals surface area contributed by atoms with E-state index in [1.165, 1.54) is 33.4 Å². The van der Waals surface area contributed by atoms with Crippen LogP contribution in [-0.2, 0) is 32.5 Å². The second kappa shape index (κ2) is 20.6. The fraction of sp³-hybridized carbons (Fsp3) is 0.329. The van der Waals surface area contributed by atoms with E-state index in [1.54, 1.807) is 0 Å². The number of anilines is 1. The summed E-state index contributed by atoms with van der Waals surface area (Å²) in [5, 5.41) is 3.10. The normalized spacial score (nSPS) is 13.3. The van der Waals surface area contributed by atoms with Gasteiger partial charge in [0, 0.05) is 55.6 Å². The van der Waals surface area contributed by atoms with E-state index in [0.717, 1.165) is 101 Å². The van der Waals surface area contributed by atoms with Gasteiger partial charge in [-0.05, 0) is 168 Å². The van der Waals surface area contributed by atoms with E-state index in [1.807, 2.05) is 55.5 Å². The number of benzene rings is 5. The van der Waals surface area contributed by atoms with E-state index in [-0.39, 0.29) is 38.4 Å². The van der Waals surface area contributed by atoms with Gasteiger partial charge in [0.05, 0.1) is 22.8 Å². The van der Waals surface area contributed by atoms with Crippen LogP contribution in [0.25, 0.3) is 90.9 Å². The average molecular weight is 1080 g/mol. The molecular formula is C76H85N5O. The number of H-pyrrole nitrogens is 2. The van der Waals surface area contributed by atoms with E-state index < -0.39 is 0 Å². The smallest absolute Gasteiger partial charge is 0.255 e. The number of amides is 1. The largest absolute Gasteiger partial charge is 0.354 e. The van der Waals surface area contributed by atoms with Crippen LogP contribution in [-0.4, -0.2) is 25.8 Å². The number of nitrogens with one attached hydrogen (secondary N) is 3. The highest BCUT2D eigenvalue weighted by atomic mass is 16.1. The summed E-state index contributed by atoms with van der Waals surface area (Å²) in [5.74, 6) is -0.171. The highest BCUT2D eigenvalue weighted by Gasteiger charge is 2.28. The van der Waals surface area contributed by atoms with Gasteiger partial charge in [-0.25, -0.2) is 9.97 Å². The Morgan fingerprint density at radius 1 is 0.341 bits per heavy atom. The lowest BCUT2D eigenvalue weighted by molar-refractivity contribution is 0.102. The van der Waals surface area contributed by atoms with Gasteiger partial charge < -0.3 is 15.3 Å². The molecule has 10 rings (SSSR count). The second-order valence-electron chi connectivity index (χ2n) is 29.3. The highest BCUT2D eigenvalue weighted by Crippen LogP contribution is 2.44. The molecule has 0 radical (unpaired) electrons. The lowest BCUT2D eigenvalue weighted by atomic mass is 9.78. The fourth-order valence-electron chi connectivity index (χ4n) is 11.0. The summed E-state index contributed by atoms with van der Waals surface area (Å²) in [6.45, 7) is 43.4. The van der Waals surface area contributed by atoms with Crippen molar-refractivity contribution in [2.45, 2.75) is 164 Å². The first-order valence-corrected chi connectivity index (χ1v) is 29.3. The molecule has 6 nitrogen and oxygen atoms in total. The summed E-state index contributed by atoms with van der Waals surface area (Å²) in [4.78, 5) is 33.4. The Morgan fingerprint density at radius 2 is 0.610 bits per heavy atom. The van der Waals surface area contributed by atoms with Crippen molar-refractivity contribution in [3.63, 3.8) is 0 Å². The molecular weight excluding hydrogens is 999 g/mol. The summed E-state index contributed by atoms with van der Waals surface area (Å²) in [6, 6.07) is 46.1. The van der Waals surface area contributed by atoms with Gasteiger partial charge in [0.2, 0.25) is 0 Å². The number of aryl methyl sites for hydroxylation is 1. The summed E-state index contributed by atoms with van der Waals surface area (Å²) < 4.78 is 0. The van der Waals surface area contributed by atoms with Gasteiger partial charge in [-0.2, -0.15) is 0 Å².